The van der Waals surface area contributed by atoms with E-state index < -0.39 is 0 Å². The van der Waals surface area contributed by atoms with Crippen LogP contribution >= 0.6 is 0 Å². The van der Waals surface area contributed by atoms with E-state index in [1.807, 2.05) is 20.8 Å². The number of carbonyl (C=O) groups is 1. The van der Waals surface area contributed by atoms with Crippen molar-refractivity contribution in [2.45, 2.75) is 52.5 Å². The molecule has 2 aliphatic rings. The van der Waals surface area contributed by atoms with E-state index >= 15 is 0 Å². The maximum absolute atomic E-state index is 12.0. The highest BCUT2D eigenvalue weighted by Crippen LogP contribution is 2.24. The van der Waals surface area contributed by atoms with Crippen LogP contribution in [0.5, 0.6) is 0 Å². The first-order valence-corrected chi connectivity index (χ1v) is 7.46. The van der Waals surface area contributed by atoms with Crippen molar-refractivity contribution in [3.05, 3.63) is 0 Å². The van der Waals surface area contributed by atoms with Gasteiger partial charge in [0, 0.05) is 37.6 Å². The molecule has 0 atom stereocenters. The lowest BCUT2D eigenvalue weighted by molar-refractivity contribution is -0.128. The van der Waals surface area contributed by atoms with Gasteiger partial charge in [0.25, 0.3) is 0 Å². The van der Waals surface area contributed by atoms with Crippen molar-refractivity contribution in [1.82, 2.24) is 9.80 Å². The predicted molar refractivity (Wildman–Crippen MR) is 74.7 cm³/mol. The highest BCUT2D eigenvalue weighted by atomic mass is 16.1. The second-order valence-corrected chi connectivity index (χ2v) is 6.92. The number of Topliss-reactive ketones (excluding diaryl/α,β-unsaturated/α-hetero) is 1. The number of ketones is 1. The fraction of sp³-hybridized carbons (Fsp3) is 0.933. The van der Waals surface area contributed by atoms with E-state index in [-0.39, 0.29) is 5.41 Å². The van der Waals surface area contributed by atoms with Crippen LogP contribution in [0.2, 0.25) is 0 Å². The van der Waals surface area contributed by atoms with Crippen LogP contribution in [0.4, 0.5) is 0 Å². The normalized spacial score (nSPS) is 24.6. The number of rotatable bonds is 3. The minimum absolute atomic E-state index is 0.192. The van der Waals surface area contributed by atoms with Gasteiger partial charge in [0.05, 0.1) is 6.54 Å². The second kappa shape index (κ2) is 5.70. The molecule has 1 aliphatic heterocycles. The van der Waals surface area contributed by atoms with Gasteiger partial charge in [-0.15, -0.1) is 0 Å². The number of nitrogens with zero attached hydrogens (tertiary/aromatic N) is 2. The number of piperazine rings is 1. The van der Waals surface area contributed by atoms with Gasteiger partial charge in [-0.25, -0.2) is 0 Å². The maximum Gasteiger partial charge on any atom is 0.152 e. The van der Waals surface area contributed by atoms with Crippen LogP contribution in [-0.2, 0) is 4.79 Å². The van der Waals surface area contributed by atoms with Crippen molar-refractivity contribution in [2.24, 2.45) is 5.41 Å². The molecule has 104 valence electrons. The summed E-state index contributed by atoms with van der Waals surface area (Å²) < 4.78 is 0. The molecule has 0 spiro atoms. The minimum Gasteiger partial charge on any atom is -0.298 e. The molecule has 0 aromatic heterocycles. The molecule has 3 heteroatoms. The Balaban J connectivity index is 1.74. The van der Waals surface area contributed by atoms with Gasteiger partial charge < -0.3 is 0 Å². The third kappa shape index (κ3) is 3.55. The molecule has 0 bridgehead atoms. The van der Waals surface area contributed by atoms with Crippen LogP contribution in [-0.4, -0.2) is 54.3 Å². The Bertz CT molecular complexity index is 281. The van der Waals surface area contributed by atoms with E-state index in [9.17, 15) is 4.79 Å². The molecule has 3 nitrogen and oxygen atoms in total. The summed E-state index contributed by atoms with van der Waals surface area (Å²) in [5.74, 6) is 0.372. The Morgan fingerprint density at radius 3 is 2.11 bits per heavy atom. The molecule has 1 aliphatic carbocycles. The third-order valence-corrected chi connectivity index (χ3v) is 4.45. The zero-order valence-corrected chi connectivity index (χ0v) is 12.2. The molecule has 0 amide bonds. The van der Waals surface area contributed by atoms with Gasteiger partial charge in [0.15, 0.2) is 5.78 Å². The number of carbonyl (C=O) groups excluding carboxylic acids is 1. The Hall–Kier alpha value is -0.410. The van der Waals surface area contributed by atoms with Crippen molar-refractivity contribution in [1.29, 1.82) is 0 Å². The SMILES string of the molecule is CC(C)(C)C(=O)CN1CCN(C2CCCC2)CC1. The molecular weight excluding hydrogens is 224 g/mol. The first kappa shape index (κ1) is 14.0. The molecular formula is C15H28N2O. The Kier molecular flexibility index (Phi) is 4.44. The standard InChI is InChI=1S/C15H28N2O/c1-15(2,3)14(18)12-16-8-10-17(11-9-16)13-6-4-5-7-13/h13H,4-12H2,1-3H3. The van der Waals surface area contributed by atoms with E-state index in [2.05, 4.69) is 9.80 Å². The van der Waals surface area contributed by atoms with Gasteiger partial charge in [-0.3, -0.25) is 14.6 Å². The highest BCUT2D eigenvalue weighted by Gasteiger charge is 2.28. The lowest BCUT2D eigenvalue weighted by Crippen LogP contribution is -2.51. The van der Waals surface area contributed by atoms with Gasteiger partial charge >= 0.3 is 0 Å². The molecule has 0 aromatic carbocycles. The predicted octanol–water partition coefficient (Wildman–Crippen LogP) is 2.16. The number of hydrogen-bond acceptors (Lipinski definition) is 3. The monoisotopic (exact) mass is 252 g/mol. The van der Waals surface area contributed by atoms with Gasteiger partial charge in [0.2, 0.25) is 0 Å². The smallest absolute Gasteiger partial charge is 0.152 e. The Labute approximate surface area is 112 Å². The lowest BCUT2D eigenvalue weighted by atomic mass is 9.90. The lowest BCUT2D eigenvalue weighted by Gasteiger charge is -2.38. The highest BCUT2D eigenvalue weighted by molar-refractivity contribution is 5.85. The van der Waals surface area contributed by atoms with E-state index in [1.54, 1.807) is 0 Å². The largest absolute Gasteiger partial charge is 0.298 e. The van der Waals surface area contributed by atoms with Gasteiger partial charge in [-0.1, -0.05) is 33.6 Å². The zero-order chi connectivity index (χ0) is 13.2. The first-order chi connectivity index (χ1) is 8.47. The van der Waals surface area contributed by atoms with E-state index in [0.29, 0.717) is 12.3 Å². The van der Waals surface area contributed by atoms with Crippen LogP contribution in [0.15, 0.2) is 0 Å². The Morgan fingerprint density at radius 1 is 1.06 bits per heavy atom. The fourth-order valence-corrected chi connectivity index (χ4v) is 3.00. The maximum atomic E-state index is 12.0. The minimum atomic E-state index is -0.192. The van der Waals surface area contributed by atoms with Crippen LogP contribution in [0.1, 0.15) is 46.5 Å². The average molecular weight is 252 g/mol. The van der Waals surface area contributed by atoms with Crippen LogP contribution in [0.25, 0.3) is 0 Å². The molecule has 0 N–H and O–H groups in total. The van der Waals surface area contributed by atoms with Crippen molar-refractivity contribution >= 4 is 5.78 Å². The summed E-state index contributed by atoms with van der Waals surface area (Å²) >= 11 is 0. The summed E-state index contributed by atoms with van der Waals surface area (Å²) in [5, 5.41) is 0. The summed E-state index contributed by atoms with van der Waals surface area (Å²) in [6.45, 7) is 11.1. The van der Waals surface area contributed by atoms with Gasteiger partial charge in [0.1, 0.15) is 0 Å². The topological polar surface area (TPSA) is 23.6 Å². The number of hydrogen-bond donors (Lipinski definition) is 0. The second-order valence-electron chi connectivity index (χ2n) is 6.92. The van der Waals surface area contributed by atoms with Crippen molar-refractivity contribution in [3.8, 4) is 0 Å². The molecule has 1 saturated heterocycles. The molecule has 0 radical (unpaired) electrons. The van der Waals surface area contributed by atoms with E-state index in [4.69, 9.17) is 0 Å². The molecule has 1 saturated carbocycles. The summed E-state index contributed by atoms with van der Waals surface area (Å²) in [7, 11) is 0. The van der Waals surface area contributed by atoms with Crippen LogP contribution in [0, 0.1) is 5.41 Å². The van der Waals surface area contributed by atoms with Crippen molar-refractivity contribution in [2.75, 3.05) is 32.7 Å². The molecule has 1 heterocycles. The molecule has 0 aromatic rings. The van der Waals surface area contributed by atoms with Crippen LogP contribution < -0.4 is 0 Å². The summed E-state index contributed by atoms with van der Waals surface area (Å²) in [6, 6.07) is 0.838. The molecule has 2 fully saturated rings. The molecule has 18 heavy (non-hydrogen) atoms. The van der Waals surface area contributed by atoms with Crippen molar-refractivity contribution < 1.29 is 4.79 Å². The summed E-state index contributed by atoms with van der Waals surface area (Å²) in [5.41, 5.74) is -0.192. The van der Waals surface area contributed by atoms with E-state index in [0.717, 1.165) is 32.2 Å². The fourth-order valence-electron chi connectivity index (χ4n) is 3.00. The first-order valence-electron chi connectivity index (χ1n) is 7.46. The summed E-state index contributed by atoms with van der Waals surface area (Å²) in [4.78, 5) is 17.0. The average Bonchev–Trinajstić information content (AvgIpc) is 2.82. The van der Waals surface area contributed by atoms with Crippen molar-refractivity contribution in [3.63, 3.8) is 0 Å². The van der Waals surface area contributed by atoms with Crippen LogP contribution in [0.3, 0.4) is 0 Å². The van der Waals surface area contributed by atoms with Gasteiger partial charge in [-0.05, 0) is 12.8 Å². The van der Waals surface area contributed by atoms with E-state index in [1.165, 1.54) is 25.7 Å². The summed E-state index contributed by atoms with van der Waals surface area (Å²) in [6.07, 6.45) is 5.60. The molecule has 2 rings (SSSR count). The Morgan fingerprint density at radius 2 is 1.61 bits per heavy atom. The third-order valence-electron chi connectivity index (χ3n) is 4.45. The van der Waals surface area contributed by atoms with Gasteiger partial charge in [-0.2, -0.15) is 0 Å². The quantitative estimate of drug-likeness (QED) is 0.769. The zero-order valence-electron chi connectivity index (χ0n) is 12.2. The molecule has 0 unspecified atom stereocenters.